The van der Waals surface area contributed by atoms with Crippen LogP contribution in [0.15, 0.2) is 48.5 Å². The smallest absolute Gasteiger partial charge is 0.237 e. The van der Waals surface area contributed by atoms with E-state index in [1.807, 2.05) is 24.3 Å². The SMILES string of the molecule is CC(=O)c1ccc(NC(=O)[C@@]23CC[C@@](C)(c4nc5ccccc5nc42)C3(C)C)cc1. The first-order chi connectivity index (χ1) is 14.2. The molecule has 0 spiro atoms. The number of fused-ring (bicyclic) bond motifs is 6. The van der Waals surface area contributed by atoms with Crippen molar-refractivity contribution in [3.8, 4) is 0 Å². The molecule has 5 heteroatoms. The molecular weight excluding hydrogens is 374 g/mol. The number of hydrogen-bond acceptors (Lipinski definition) is 4. The van der Waals surface area contributed by atoms with E-state index in [1.54, 1.807) is 24.3 Å². The first-order valence-corrected chi connectivity index (χ1v) is 10.4. The molecule has 2 aliphatic carbocycles. The largest absolute Gasteiger partial charge is 0.325 e. The second kappa shape index (κ2) is 5.97. The van der Waals surface area contributed by atoms with Crippen molar-refractivity contribution in [2.24, 2.45) is 5.41 Å². The summed E-state index contributed by atoms with van der Waals surface area (Å²) in [5.41, 5.74) is 3.50. The molecule has 5 rings (SSSR count). The highest BCUT2D eigenvalue weighted by Crippen LogP contribution is 2.70. The molecule has 0 aliphatic heterocycles. The molecule has 1 aromatic heterocycles. The molecule has 1 saturated carbocycles. The maximum atomic E-state index is 13.8. The van der Waals surface area contributed by atoms with Gasteiger partial charge in [-0.3, -0.25) is 9.59 Å². The summed E-state index contributed by atoms with van der Waals surface area (Å²) in [5.74, 6) is -0.0406. The van der Waals surface area contributed by atoms with E-state index in [4.69, 9.17) is 9.97 Å². The average molecular weight is 399 g/mol. The topological polar surface area (TPSA) is 72.0 Å². The molecule has 1 fully saturated rings. The van der Waals surface area contributed by atoms with Gasteiger partial charge in [0.1, 0.15) is 0 Å². The van der Waals surface area contributed by atoms with E-state index in [0.717, 1.165) is 35.3 Å². The van der Waals surface area contributed by atoms with Crippen molar-refractivity contribution in [1.29, 1.82) is 0 Å². The van der Waals surface area contributed by atoms with Crippen molar-refractivity contribution >= 4 is 28.4 Å². The van der Waals surface area contributed by atoms with Crippen molar-refractivity contribution in [3.63, 3.8) is 0 Å². The molecule has 2 aromatic carbocycles. The minimum absolute atomic E-state index is 0.00559. The quantitative estimate of drug-likeness (QED) is 0.642. The minimum atomic E-state index is -0.743. The molecule has 0 saturated heterocycles. The van der Waals surface area contributed by atoms with Crippen molar-refractivity contribution in [2.45, 2.75) is 51.4 Å². The van der Waals surface area contributed by atoms with Crippen LogP contribution in [0.3, 0.4) is 0 Å². The number of aromatic nitrogens is 2. The van der Waals surface area contributed by atoms with Gasteiger partial charge in [-0.05, 0) is 61.6 Å². The summed E-state index contributed by atoms with van der Waals surface area (Å²) in [7, 11) is 0. The third-order valence-electron chi connectivity index (χ3n) is 7.88. The van der Waals surface area contributed by atoms with Crippen LogP contribution in [-0.2, 0) is 15.6 Å². The number of Topliss-reactive ketones (excluding diaryl/α,β-unsaturated/α-hetero) is 1. The molecule has 152 valence electrons. The molecule has 2 atom stereocenters. The van der Waals surface area contributed by atoms with Crippen LogP contribution in [-0.4, -0.2) is 21.7 Å². The summed E-state index contributed by atoms with van der Waals surface area (Å²) in [5, 5.41) is 3.11. The maximum Gasteiger partial charge on any atom is 0.237 e. The van der Waals surface area contributed by atoms with Gasteiger partial charge in [0.2, 0.25) is 5.91 Å². The zero-order valence-corrected chi connectivity index (χ0v) is 17.7. The highest BCUT2D eigenvalue weighted by atomic mass is 16.2. The number of benzene rings is 2. The van der Waals surface area contributed by atoms with Gasteiger partial charge in [-0.25, -0.2) is 9.97 Å². The van der Waals surface area contributed by atoms with Crippen molar-refractivity contribution in [2.75, 3.05) is 5.32 Å². The van der Waals surface area contributed by atoms with Gasteiger partial charge in [0.15, 0.2) is 5.78 Å². The lowest BCUT2D eigenvalue weighted by Gasteiger charge is -2.39. The zero-order valence-electron chi connectivity index (χ0n) is 17.7. The van der Waals surface area contributed by atoms with E-state index in [1.165, 1.54) is 6.92 Å². The first kappa shape index (κ1) is 18.9. The molecule has 30 heavy (non-hydrogen) atoms. The number of ketones is 1. The van der Waals surface area contributed by atoms with Crippen LogP contribution < -0.4 is 5.32 Å². The molecule has 0 radical (unpaired) electrons. The molecule has 1 amide bonds. The Hall–Kier alpha value is -3.08. The van der Waals surface area contributed by atoms with Crippen LogP contribution in [0, 0.1) is 5.41 Å². The molecule has 1 N–H and O–H groups in total. The molecule has 1 heterocycles. The first-order valence-electron chi connectivity index (χ1n) is 10.4. The maximum absolute atomic E-state index is 13.8. The highest BCUT2D eigenvalue weighted by molar-refractivity contribution is 6.02. The van der Waals surface area contributed by atoms with Gasteiger partial charge in [-0.15, -0.1) is 0 Å². The molecule has 2 bridgehead atoms. The number of nitrogens with one attached hydrogen (secondary N) is 1. The predicted octanol–water partition coefficient (Wildman–Crippen LogP) is 4.80. The van der Waals surface area contributed by atoms with Crippen molar-refractivity contribution < 1.29 is 9.59 Å². The fourth-order valence-electron chi connectivity index (χ4n) is 5.58. The second-order valence-electron chi connectivity index (χ2n) is 9.36. The monoisotopic (exact) mass is 399 g/mol. The van der Waals surface area contributed by atoms with Crippen molar-refractivity contribution in [1.82, 2.24) is 9.97 Å². The number of carbonyl (C=O) groups excluding carboxylic acids is 2. The van der Waals surface area contributed by atoms with Crippen molar-refractivity contribution in [3.05, 3.63) is 65.5 Å². The van der Waals surface area contributed by atoms with Crippen LogP contribution in [0.25, 0.3) is 11.0 Å². The summed E-state index contributed by atoms with van der Waals surface area (Å²) in [6.45, 7) is 8.10. The number of para-hydroxylation sites is 2. The Balaban J connectivity index is 1.63. The third kappa shape index (κ3) is 2.18. The van der Waals surface area contributed by atoms with Crippen LogP contribution in [0.1, 0.15) is 62.3 Å². The fourth-order valence-corrected chi connectivity index (χ4v) is 5.58. The van der Waals surface area contributed by atoms with E-state index in [9.17, 15) is 9.59 Å². The van der Waals surface area contributed by atoms with E-state index in [2.05, 4.69) is 26.1 Å². The Morgan fingerprint density at radius 2 is 1.47 bits per heavy atom. The number of amides is 1. The summed E-state index contributed by atoms with van der Waals surface area (Å²) in [6, 6.07) is 14.9. The van der Waals surface area contributed by atoms with Gasteiger partial charge >= 0.3 is 0 Å². The summed E-state index contributed by atoms with van der Waals surface area (Å²) in [4.78, 5) is 35.4. The van der Waals surface area contributed by atoms with Gasteiger partial charge < -0.3 is 5.32 Å². The lowest BCUT2D eigenvalue weighted by molar-refractivity contribution is -0.125. The Labute approximate surface area is 175 Å². The van der Waals surface area contributed by atoms with Gasteiger partial charge in [0.05, 0.1) is 27.8 Å². The van der Waals surface area contributed by atoms with Gasteiger partial charge in [-0.1, -0.05) is 32.9 Å². The van der Waals surface area contributed by atoms with Crippen LogP contribution in [0.4, 0.5) is 5.69 Å². The number of nitrogens with zero attached hydrogens (tertiary/aromatic N) is 2. The van der Waals surface area contributed by atoms with E-state index in [-0.39, 0.29) is 22.5 Å². The van der Waals surface area contributed by atoms with E-state index in [0.29, 0.717) is 11.3 Å². The molecule has 0 unspecified atom stereocenters. The minimum Gasteiger partial charge on any atom is -0.325 e. The lowest BCUT2D eigenvalue weighted by Crippen LogP contribution is -2.48. The van der Waals surface area contributed by atoms with E-state index < -0.39 is 5.41 Å². The molecule has 2 aliphatic rings. The summed E-state index contributed by atoms with van der Waals surface area (Å²) in [6.07, 6.45) is 1.64. The Bertz CT molecular complexity index is 1210. The molecule has 5 nitrogen and oxygen atoms in total. The average Bonchev–Trinajstić information content (AvgIpc) is 3.02. The Kier molecular flexibility index (Phi) is 3.77. The summed E-state index contributed by atoms with van der Waals surface area (Å²) < 4.78 is 0. The number of hydrogen-bond donors (Lipinski definition) is 1. The summed E-state index contributed by atoms with van der Waals surface area (Å²) >= 11 is 0. The van der Waals surface area contributed by atoms with Crippen LogP contribution in [0.2, 0.25) is 0 Å². The number of carbonyl (C=O) groups is 2. The molecule has 3 aromatic rings. The standard InChI is InChI=1S/C25H25N3O2/c1-15(29)16-9-11-17(12-10-16)26-22(30)25-14-13-24(4,23(25,2)3)20-21(25)28-19-8-6-5-7-18(19)27-20/h5-12H,13-14H2,1-4H3,(H,26,30)/t24-,25+/m0/s1. The second-order valence-corrected chi connectivity index (χ2v) is 9.36. The van der Waals surface area contributed by atoms with Gasteiger partial charge in [-0.2, -0.15) is 0 Å². The molecular formula is C25H25N3O2. The predicted molar refractivity (Wildman–Crippen MR) is 117 cm³/mol. The van der Waals surface area contributed by atoms with Crippen LogP contribution in [0.5, 0.6) is 0 Å². The van der Waals surface area contributed by atoms with Gasteiger partial charge in [0.25, 0.3) is 0 Å². The fraction of sp³-hybridized carbons (Fsp3) is 0.360. The normalized spacial score (nSPS) is 25.9. The number of anilines is 1. The third-order valence-corrected chi connectivity index (χ3v) is 7.88. The zero-order chi connectivity index (χ0) is 21.3. The number of rotatable bonds is 3. The lowest BCUT2D eigenvalue weighted by atomic mass is 9.63. The van der Waals surface area contributed by atoms with Crippen LogP contribution >= 0.6 is 0 Å². The van der Waals surface area contributed by atoms with E-state index >= 15 is 0 Å². The highest BCUT2D eigenvalue weighted by Gasteiger charge is 2.73. The van der Waals surface area contributed by atoms with Gasteiger partial charge in [0, 0.05) is 16.7 Å². The Morgan fingerprint density at radius 3 is 2.07 bits per heavy atom. The Morgan fingerprint density at radius 1 is 0.867 bits per heavy atom.